The molecule has 7 nitrogen and oxygen atoms in total. The van der Waals surface area contributed by atoms with Crippen molar-refractivity contribution in [2.24, 2.45) is 0 Å². The van der Waals surface area contributed by atoms with Gasteiger partial charge in [-0.2, -0.15) is 0 Å². The number of carbonyl (C=O) groups is 3. The molecule has 4 amide bonds. The Kier molecular flexibility index (Phi) is 5.25. The molecule has 27 heavy (non-hydrogen) atoms. The molecule has 0 spiro atoms. The van der Waals surface area contributed by atoms with Crippen LogP contribution in [0.3, 0.4) is 0 Å². The van der Waals surface area contributed by atoms with Crippen molar-refractivity contribution in [3.05, 3.63) is 58.1 Å². The molecule has 1 fully saturated rings. The number of amides is 4. The molecule has 0 aliphatic carbocycles. The Morgan fingerprint density at radius 3 is 2.63 bits per heavy atom. The molecule has 1 atom stereocenters. The van der Waals surface area contributed by atoms with Crippen LogP contribution in [0.5, 0.6) is 5.75 Å². The summed E-state index contributed by atoms with van der Waals surface area (Å²) in [6.07, 6.45) is 0. The smallest absolute Gasteiger partial charge is 0.322 e. The molecule has 140 valence electrons. The average Bonchev–Trinajstić information content (AvgIpc) is 2.87. The van der Waals surface area contributed by atoms with Gasteiger partial charge < -0.3 is 15.4 Å². The van der Waals surface area contributed by atoms with E-state index in [0.29, 0.717) is 27.0 Å². The number of imide groups is 1. The first-order valence-corrected chi connectivity index (χ1v) is 8.65. The molecule has 3 N–H and O–H groups in total. The summed E-state index contributed by atoms with van der Waals surface area (Å²) >= 11 is 11.8. The topological polar surface area (TPSA) is 96.5 Å². The normalized spacial score (nSPS) is 18.6. The number of carbonyl (C=O) groups excluding carboxylic acids is 3. The van der Waals surface area contributed by atoms with E-state index in [4.69, 9.17) is 27.9 Å². The van der Waals surface area contributed by atoms with E-state index >= 15 is 0 Å². The summed E-state index contributed by atoms with van der Waals surface area (Å²) in [4.78, 5) is 35.6. The lowest BCUT2D eigenvalue weighted by atomic mass is 9.92. The zero-order valence-electron chi connectivity index (χ0n) is 14.1. The minimum atomic E-state index is -1.20. The second-order valence-corrected chi connectivity index (χ2v) is 6.87. The van der Waals surface area contributed by atoms with Crippen molar-refractivity contribution in [3.63, 3.8) is 0 Å². The first kappa shape index (κ1) is 19.0. The van der Waals surface area contributed by atoms with Gasteiger partial charge in [0.25, 0.3) is 11.8 Å². The fraction of sp³-hybridized carbons (Fsp3) is 0.167. The van der Waals surface area contributed by atoms with Gasteiger partial charge in [-0.05, 0) is 42.8 Å². The van der Waals surface area contributed by atoms with E-state index in [1.54, 1.807) is 43.3 Å². The van der Waals surface area contributed by atoms with Gasteiger partial charge in [0.1, 0.15) is 11.3 Å². The van der Waals surface area contributed by atoms with Gasteiger partial charge >= 0.3 is 6.03 Å². The highest BCUT2D eigenvalue weighted by molar-refractivity contribution is 6.35. The highest BCUT2D eigenvalue weighted by Gasteiger charge is 2.43. The molecule has 0 saturated carbocycles. The van der Waals surface area contributed by atoms with Crippen LogP contribution in [-0.4, -0.2) is 24.5 Å². The number of rotatable bonds is 5. The molecular formula is C18H15Cl2N3O4. The number of hydrogen-bond donors (Lipinski definition) is 3. The van der Waals surface area contributed by atoms with Crippen LogP contribution in [0.4, 0.5) is 10.5 Å². The Labute approximate surface area is 165 Å². The first-order chi connectivity index (χ1) is 12.8. The maximum absolute atomic E-state index is 12.1. The number of benzene rings is 2. The minimum absolute atomic E-state index is 0.264. The molecule has 3 rings (SSSR count). The van der Waals surface area contributed by atoms with Crippen LogP contribution < -0.4 is 20.7 Å². The fourth-order valence-corrected chi connectivity index (χ4v) is 3.05. The summed E-state index contributed by atoms with van der Waals surface area (Å²) in [6, 6.07) is 10.8. The average molecular weight is 408 g/mol. The van der Waals surface area contributed by atoms with Gasteiger partial charge in [0, 0.05) is 10.7 Å². The SMILES string of the molecule is C[C@@]1(c2cccc(NC(=O)COc3ccc(Cl)cc3Cl)c2)NC(=O)NC1=O. The summed E-state index contributed by atoms with van der Waals surface area (Å²) in [7, 11) is 0. The Bertz CT molecular complexity index is 935. The van der Waals surface area contributed by atoms with Crippen molar-refractivity contribution in [1.29, 1.82) is 0 Å². The largest absolute Gasteiger partial charge is 0.482 e. The van der Waals surface area contributed by atoms with Gasteiger partial charge in [-0.1, -0.05) is 35.3 Å². The fourth-order valence-electron chi connectivity index (χ4n) is 2.59. The minimum Gasteiger partial charge on any atom is -0.482 e. The molecule has 0 bridgehead atoms. The van der Waals surface area contributed by atoms with Gasteiger partial charge in [-0.25, -0.2) is 4.79 Å². The van der Waals surface area contributed by atoms with Gasteiger partial charge in [-0.15, -0.1) is 0 Å². The molecule has 1 heterocycles. The van der Waals surface area contributed by atoms with Crippen LogP contribution in [0.25, 0.3) is 0 Å². The molecule has 0 unspecified atom stereocenters. The van der Waals surface area contributed by atoms with Crippen LogP contribution in [0, 0.1) is 0 Å². The van der Waals surface area contributed by atoms with Crippen molar-refractivity contribution >= 4 is 46.7 Å². The van der Waals surface area contributed by atoms with E-state index in [1.807, 2.05) is 0 Å². The molecular weight excluding hydrogens is 393 g/mol. The van der Waals surface area contributed by atoms with Gasteiger partial charge in [0.05, 0.1) is 5.02 Å². The van der Waals surface area contributed by atoms with E-state index in [9.17, 15) is 14.4 Å². The van der Waals surface area contributed by atoms with Crippen molar-refractivity contribution in [2.75, 3.05) is 11.9 Å². The summed E-state index contributed by atoms with van der Waals surface area (Å²) < 4.78 is 5.38. The second kappa shape index (κ2) is 7.46. The summed E-state index contributed by atoms with van der Waals surface area (Å²) in [5, 5.41) is 8.20. The van der Waals surface area contributed by atoms with Crippen molar-refractivity contribution in [1.82, 2.24) is 10.6 Å². The Morgan fingerprint density at radius 1 is 1.19 bits per heavy atom. The molecule has 0 radical (unpaired) electrons. The maximum Gasteiger partial charge on any atom is 0.322 e. The number of hydrogen-bond acceptors (Lipinski definition) is 4. The quantitative estimate of drug-likeness (QED) is 0.663. The van der Waals surface area contributed by atoms with E-state index in [1.165, 1.54) is 6.07 Å². The third kappa shape index (κ3) is 4.15. The lowest BCUT2D eigenvalue weighted by Crippen LogP contribution is -2.40. The van der Waals surface area contributed by atoms with Crippen LogP contribution in [0.2, 0.25) is 10.0 Å². The van der Waals surface area contributed by atoms with Crippen molar-refractivity contribution < 1.29 is 19.1 Å². The van der Waals surface area contributed by atoms with Gasteiger partial charge in [-0.3, -0.25) is 14.9 Å². The number of halogens is 2. The number of nitrogens with one attached hydrogen (secondary N) is 3. The molecule has 2 aromatic carbocycles. The monoisotopic (exact) mass is 407 g/mol. The molecule has 1 saturated heterocycles. The Morgan fingerprint density at radius 2 is 1.96 bits per heavy atom. The van der Waals surface area contributed by atoms with E-state index < -0.39 is 23.4 Å². The lowest BCUT2D eigenvalue weighted by molar-refractivity contribution is -0.123. The zero-order chi connectivity index (χ0) is 19.6. The maximum atomic E-state index is 12.1. The third-order valence-corrected chi connectivity index (χ3v) is 4.55. The molecule has 1 aliphatic heterocycles. The standard InChI is InChI=1S/C18H15Cl2N3O4/c1-18(16(25)22-17(26)23-18)10-3-2-4-12(7-10)21-15(24)9-27-14-6-5-11(19)8-13(14)20/h2-8H,9H2,1H3,(H,21,24)(H2,22,23,25,26)/t18-/m0/s1. The zero-order valence-corrected chi connectivity index (χ0v) is 15.6. The van der Waals surface area contributed by atoms with E-state index in [-0.39, 0.29) is 6.61 Å². The third-order valence-electron chi connectivity index (χ3n) is 4.02. The Balaban J connectivity index is 1.66. The predicted octanol–water partition coefficient (Wildman–Crippen LogP) is 3.07. The van der Waals surface area contributed by atoms with Crippen LogP contribution >= 0.6 is 23.2 Å². The lowest BCUT2D eigenvalue weighted by Gasteiger charge is -2.21. The molecule has 1 aliphatic rings. The summed E-state index contributed by atoms with van der Waals surface area (Å²) in [6.45, 7) is 1.32. The van der Waals surface area contributed by atoms with Gasteiger partial charge in [0.15, 0.2) is 6.61 Å². The van der Waals surface area contributed by atoms with E-state index in [0.717, 1.165) is 0 Å². The molecule has 9 heteroatoms. The van der Waals surface area contributed by atoms with Crippen LogP contribution in [-0.2, 0) is 15.1 Å². The molecule has 2 aromatic rings. The predicted molar refractivity (Wildman–Crippen MR) is 101 cm³/mol. The summed E-state index contributed by atoms with van der Waals surface area (Å²) in [5.41, 5.74) is -0.214. The van der Waals surface area contributed by atoms with E-state index in [2.05, 4.69) is 16.0 Å². The Hall–Kier alpha value is -2.77. The highest BCUT2D eigenvalue weighted by Crippen LogP contribution is 2.28. The number of urea groups is 1. The van der Waals surface area contributed by atoms with Crippen molar-refractivity contribution in [3.8, 4) is 5.75 Å². The van der Waals surface area contributed by atoms with Gasteiger partial charge in [0.2, 0.25) is 0 Å². The summed E-state index contributed by atoms with van der Waals surface area (Å²) in [5.74, 6) is -0.539. The number of anilines is 1. The second-order valence-electron chi connectivity index (χ2n) is 6.03. The van der Waals surface area contributed by atoms with Crippen LogP contribution in [0.1, 0.15) is 12.5 Å². The number of ether oxygens (including phenoxy) is 1. The first-order valence-electron chi connectivity index (χ1n) is 7.90. The molecule has 0 aromatic heterocycles. The highest BCUT2D eigenvalue weighted by atomic mass is 35.5. The van der Waals surface area contributed by atoms with Crippen molar-refractivity contribution in [2.45, 2.75) is 12.5 Å². The van der Waals surface area contributed by atoms with Crippen LogP contribution in [0.15, 0.2) is 42.5 Å².